The normalized spacial score (nSPS) is 12.4. The molecule has 3 aromatic rings. The molecule has 0 atom stereocenters. The highest BCUT2D eigenvalue weighted by Gasteiger charge is 2.19. The fourth-order valence-electron chi connectivity index (χ4n) is 3.27. The summed E-state index contributed by atoms with van der Waals surface area (Å²) in [6.45, 7) is 0.676. The summed E-state index contributed by atoms with van der Waals surface area (Å²) < 4.78 is 36.6. The standard InChI is InChI=1S/C23H21ClN2O5S/c1-32(28,29)26(14-16-2-7-19(24)8-3-16)20-9-5-18(6-10-20)23(27)25-13-17-4-11-21-22(12-17)31-15-30-21/h2-12H,13-15H2,1H3,(H,25,27). The van der Waals surface area contributed by atoms with E-state index < -0.39 is 10.0 Å². The fourth-order valence-corrected chi connectivity index (χ4v) is 4.28. The largest absolute Gasteiger partial charge is 0.454 e. The maximum Gasteiger partial charge on any atom is 0.251 e. The molecule has 0 saturated carbocycles. The van der Waals surface area contributed by atoms with Gasteiger partial charge in [0.25, 0.3) is 5.91 Å². The molecule has 0 aromatic heterocycles. The highest BCUT2D eigenvalue weighted by Crippen LogP contribution is 2.32. The zero-order chi connectivity index (χ0) is 22.7. The van der Waals surface area contributed by atoms with E-state index in [1.54, 1.807) is 54.6 Å². The smallest absolute Gasteiger partial charge is 0.251 e. The first kappa shape index (κ1) is 22.0. The fraction of sp³-hybridized carbons (Fsp3) is 0.174. The summed E-state index contributed by atoms with van der Waals surface area (Å²) in [5.74, 6) is 1.07. The van der Waals surface area contributed by atoms with Gasteiger partial charge in [-0.05, 0) is 59.7 Å². The van der Waals surface area contributed by atoms with E-state index >= 15 is 0 Å². The first-order valence-corrected chi connectivity index (χ1v) is 12.0. The number of carbonyl (C=O) groups excluding carboxylic acids is 1. The topological polar surface area (TPSA) is 84.9 Å². The van der Waals surface area contributed by atoms with Crippen molar-refractivity contribution in [3.8, 4) is 11.5 Å². The van der Waals surface area contributed by atoms with Crippen LogP contribution in [0.4, 0.5) is 5.69 Å². The number of nitrogens with zero attached hydrogens (tertiary/aromatic N) is 1. The Balaban J connectivity index is 1.44. The number of halogens is 1. The van der Waals surface area contributed by atoms with Crippen LogP contribution < -0.4 is 19.1 Å². The van der Waals surface area contributed by atoms with Gasteiger partial charge in [-0.3, -0.25) is 9.10 Å². The third-order valence-corrected chi connectivity index (χ3v) is 6.34. The van der Waals surface area contributed by atoms with Crippen LogP contribution in [0.25, 0.3) is 0 Å². The van der Waals surface area contributed by atoms with Gasteiger partial charge in [0, 0.05) is 17.1 Å². The molecule has 0 spiro atoms. The van der Waals surface area contributed by atoms with Crippen LogP contribution in [0.2, 0.25) is 5.02 Å². The number of ether oxygens (including phenoxy) is 2. The Morgan fingerprint density at radius 2 is 1.62 bits per heavy atom. The average Bonchev–Trinajstić information content (AvgIpc) is 3.24. The summed E-state index contributed by atoms with van der Waals surface area (Å²) in [4.78, 5) is 12.5. The van der Waals surface area contributed by atoms with Gasteiger partial charge in [0.1, 0.15) is 0 Å². The van der Waals surface area contributed by atoms with Crippen LogP contribution in [0.3, 0.4) is 0 Å². The Kier molecular flexibility index (Phi) is 6.25. The van der Waals surface area contributed by atoms with Crippen molar-refractivity contribution < 1.29 is 22.7 Å². The Hall–Kier alpha value is -3.23. The van der Waals surface area contributed by atoms with Gasteiger partial charge in [-0.2, -0.15) is 0 Å². The molecule has 0 aliphatic carbocycles. The molecule has 0 radical (unpaired) electrons. The number of anilines is 1. The molecule has 0 fully saturated rings. The van der Waals surface area contributed by atoms with Gasteiger partial charge in [-0.1, -0.05) is 29.8 Å². The number of carbonyl (C=O) groups is 1. The molecule has 4 rings (SSSR count). The van der Waals surface area contributed by atoms with Crippen LogP contribution in [0, 0.1) is 0 Å². The zero-order valence-electron chi connectivity index (χ0n) is 17.2. The Labute approximate surface area is 191 Å². The van der Waals surface area contributed by atoms with E-state index in [1.807, 2.05) is 12.1 Å². The minimum Gasteiger partial charge on any atom is -0.454 e. The van der Waals surface area contributed by atoms with E-state index in [1.165, 1.54) is 4.31 Å². The SMILES string of the molecule is CS(=O)(=O)N(Cc1ccc(Cl)cc1)c1ccc(C(=O)NCc2ccc3c(c2)OCO3)cc1. The third kappa shape index (κ3) is 5.15. The lowest BCUT2D eigenvalue weighted by Crippen LogP contribution is -2.29. The van der Waals surface area contributed by atoms with Crippen LogP contribution in [-0.4, -0.2) is 27.4 Å². The second kappa shape index (κ2) is 9.10. The molecule has 1 amide bonds. The molecule has 0 saturated heterocycles. The maximum absolute atomic E-state index is 12.5. The van der Waals surface area contributed by atoms with Gasteiger partial charge < -0.3 is 14.8 Å². The molecular weight excluding hydrogens is 452 g/mol. The van der Waals surface area contributed by atoms with Gasteiger partial charge in [0.05, 0.1) is 18.5 Å². The van der Waals surface area contributed by atoms with Crippen LogP contribution >= 0.6 is 11.6 Å². The second-order valence-electron chi connectivity index (χ2n) is 7.31. The van der Waals surface area contributed by atoms with Gasteiger partial charge in [-0.15, -0.1) is 0 Å². The van der Waals surface area contributed by atoms with Gasteiger partial charge >= 0.3 is 0 Å². The first-order chi connectivity index (χ1) is 15.3. The third-order valence-electron chi connectivity index (χ3n) is 4.95. The van der Waals surface area contributed by atoms with Crippen LogP contribution in [0.15, 0.2) is 66.7 Å². The predicted octanol–water partition coefficient (Wildman–Crippen LogP) is 3.96. The average molecular weight is 473 g/mol. The van der Waals surface area contributed by atoms with E-state index in [4.69, 9.17) is 21.1 Å². The first-order valence-electron chi connectivity index (χ1n) is 9.78. The van der Waals surface area contributed by atoms with E-state index in [2.05, 4.69) is 5.32 Å². The highest BCUT2D eigenvalue weighted by molar-refractivity contribution is 7.92. The van der Waals surface area contributed by atoms with Crippen molar-refractivity contribution in [3.63, 3.8) is 0 Å². The van der Waals surface area contributed by atoms with Crippen molar-refractivity contribution in [2.24, 2.45) is 0 Å². The van der Waals surface area contributed by atoms with E-state index in [0.717, 1.165) is 17.4 Å². The van der Waals surface area contributed by atoms with E-state index in [9.17, 15) is 13.2 Å². The lowest BCUT2D eigenvalue weighted by Gasteiger charge is -2.23. The van der Waals surface area contributed by atoms with E-state index in [-0.39, 0.29) is 19.2 Å². The van der Waals surface area contributed by atoms with Crippen LogP contribution in [0.5, 0.6) is 11.5 Å². The molecule has 3 aromatic carbocycles. The number of rotatable bonds is 7. The van der Waals surface area contributed by atoms with Crippen molar-refractivity contribution in [2.45, 2.75) is 13.1 Å². The molecule has 166 valence electrons. The summed E-state index contributed by atoms with van der Waals surface area (Å²) in [7, 11) is -3.53. The molecule has 1 heterocycles. The quantitative estimate of drug-likeness (QED) is 0.562. The van der Waals surface area contributed by atoms with Crippen LogP contribution in [-0.2, 0) is 23.1 Å². The summed E-state index contributed by atoms with van der Waals surface area (Å²) >= 11 is 5.91. The zero-order valence-corrected chi connectivity index (χ0v) is 18.8. The molecule has 9 heteroatoms. The number of hydrogen-bond donors (Lipinski definition) is 1. The minimum atomic E-state index is -3.53. The number of benzene rings is 3. The van der Waals surface area contributed by atoms with Gasteiger partial charge in [0.2, 0.25) is 16.8 Å². The lowest BCUT2D eigenvalue weighted by atomic mass is 10.1. The molecule has 1 aliphatic rings. The monoisotopic (exact) mass is 472 g/mol. The molecule has 1 aliphatic heterocycles. The van der Waals surface area contributed by atoms with Gasteiger partial charge in [0.15, 0.2) is 11.5 Å². The number of hydrogen-bond acceptors (Lipinski definition) is 5. The number of fused-ring (bicyclic) bond motifs is 1. The van der Waals surface area contributed by atoms with Crippen molar-refractivity contribution in [3.05, 3.63) is 88.4 Å². The number of nitrogens with one attached hydrogen (secondary N) is 1. The summed E-state index contributed by atoms with van der Waals surface area (Å²) in [6, 6.07) is 18.9. The van der Waals surface area contributed by atoms with Crippen molar-refractivity contribution >= 4 is 33.2 Å². The van der Waals surface area contributed by atoms with E-state index in [0.29, 0.717) is 34.3 Å². The second-order valence-corrected chi connectivity index (χ2v) is 9.66. The lowest BCUT2D eigenvalue weighted by molar-refractivity contribution is 0.0951. The summed E-state index contributed by atoms with van der Waals surface area (Å²) in [5, 5.41) is 3.43. The molecule has 0 bridgehead atoms. The summed E-state index contributed by atoms with van der Waals surface area (Å²) in [6.07, 6.45) is 1.15. The summed E-state index contributed by atoms with van der Waals surface area (Å²) in [5.41, 5.74) is 2.57. The Morgan fingerprint density at radius 3 is 2.31 bits per heavy atom. The predicted molar refractivity (Wildman–Crippen MR) is 123 cm³/mol. The van der Waals surface area contributed by atoms with Crippen molar-refractivity contribution in [1.82, 2.24) is 5.32 Å². The molecule has 0 unspecified atom stereocenters. The highest BCUT2D eigenvalue weighted by atomic mass is 35.5. The Morgan fingerprint density at radius 1 is 0.969 bits per heavy atom. The molecule has 1 N–H and O–H groups in total. The van der Waals surface area contributed by atoms with Crippen molar-refractivity contribution in [2.75, 3.05) is 17.4 Å². The number of sulfonamides is 1. The van der Waals surface area contributed by atoms with Crippen LogP contribution in [0.1, 0.15) is 21.5 Å². The molecule has 32 heavy (non-hydrogen) atoms. The minimum absolute atomic E-state index is 0.158. The maximum atomic E-state index is 12.5. The molecular formula is C23H21ClN2O5S. The molecule has 7 nitrogen and oxygen atoms in total. The number of amides is 1. The Bertz CT molecular complexity index is 1230. The van der Waals surface area contributed by atoms with Gasteiger partial charge in [-0.25, -0.2) is 8.42 Å². The van der Waals surface area contributed by atoms with Crippen molar-refractivity contribution in [1.29, 1.82) is 0 Å².